The molecule has 1 amide bonds. The van der Waals surface area contributed by atoms with Gasteiger partial charge in [-0.3, -0.25) is 4.79 Å². The van der Waals surface area contributed by atoms with Crippen LogP contribution in [0.3, 0.4) is 0 Å². The molecule has 0 saturated heterocycles. The summed E-state index contributed by atoms with van der Waals surface area (Å²) in [4.78, 5) is 11.9. The molecule has 1 aliphatic heterocycles. The summed E-state index contributed by atoms with van der Waals surface area (Å²) < 4.78 is 10.6. The third kappa shape index (κ3) is 4.19. The molecule has 0 saturated carbocycles. The van der Waals surface area contributed by atoms with Gasteiger partial charge in [-0.1, -0.05) is 25.1 Å². The maximum absolute atomic E-state index is 11.9. The molecule has 0 aromatic heterocycles. The van der Waals surface area contributed by atoms with Gasteiger partial charge in [-0.2, -0.15) is 0 Å². The van der Waals surface area contributed by atoms with Crippen LogP contribution in [-0.4, -0.2) is 19.2 Å². The van der Waals surface area contributed by atoms with E-state index in [0.717, 1.165) is 29.2 Å². The number of fused-ring (bicyclic) bond motifs is 1. The molecule has 0 spiro atoms. The first-order chi connectivity index (χ1) is 11.7. The van der Waals surface area contributed by atoms with Crippen molar-refractivity contribution in [3.8, 4) is 11.5 Å². The average molecular weight is 326 g/mol. The molecule has 1 aliphatic rings. The Kier molecular flexibility index (Phi) is 5.21. The Morgan fingerprint density at radius 2 is 1.79 bits per heavy atom. The number of rotatable bonds is 7. The fraction of sp³-hybridized carbons (Fsp3) is 0.316. The molecule has 0 bridgehead atoms. The minimum absolute atomic E-state index is 0.0188. The molecular formula is C19H22N2O3. The number of nitrogens with one attached hydrogen (secondary N) is 2. The Labute approximate surface area is 142 Å². The highest BCUT2D eigenvalue weighted by atomic mass is 16.7. The van der Waals surface area contributed by atoms with E-state index in [1.807, 2.05) is 30.3 Å². The number of carbonyl (C=O) groups excluding carboxylic acids is 1. The van der Waals surface area contributed by atoms with Gasteiger partial charge in [0.05, 0.1) is 0 Å². The highest BCUT2D eigenvalue weighted by Crippen LogP contribution is 2.32. The first-order valence-electron chi connectivity index (χ1n) is 8.22. The van der Waals surface area contributed by atoms with Gasteiger partial charge >= 0.3 is 0 Å². The molecule has 24 heavy (non-hydrogen) atoms. The number of aryl methyl sites for hydroxylation is 1. The molecule has 0 atom stereocenters. The summed E-state index contributed by atoms with van der Waals surface area (Å²) in [5, 5.41) is 6.18. The predicted octanol–water partition coefficient (Wildman–Crippen LogP) is 3.10. The van der Waals surface area contributed by atoms with E-state index >= 15 is 0 Å². The van der Waals surface area contributed by atoms with E-state index in [1.54, 1.807) is 0 Å². The Bertz CT molecular complexity index is 698. The van der Waals surface area contributed by atoms with E-state index in [4.69, 9.17) is 9.47 Å². The maximum atomic E-state index is 11.9. The standard InChI is InChI=1S/C19H22N2O3/c1-2-14-3-6-16(7-4-14)20-10-9-19(22)21-12-15-5-8-17-18(11-15)24-13-23-17/h3-8,11,20H,2,9-10,12-13H2,1H3,(H,21,22). The van der Waals surface area contributed by atoms with E-state index in [9.17, 15) is 4.79 Å². The molecule has 2 N–H and O–H groups in total. The highest BCUT2D eigenvalue weighted by Gasteiger charge is 2.13. The molecule has 0 fully saturated rings. The van der Waals surface area contributed by atoms with Gasteiger partial charge in [0.2, 0.25) is 12.7 Å². The summed E-state index contributed by atoms with van der Waals surface area (Å²) in [7, 11) is 0. The summed E-state index contributed by atoms with van der Waals surface area (Å²) in [6.07, 6.45) is 1.46. The van der Waals surface area contributed by atoms with Crippen LogP contribution in [0.4, 0.5) is 5.69 Å². The largest absolute Gasteiger partial charge is 0.454 e. The number of carbonyl (C=O) groups is 1. The average Bonchev–Trinajstić information content (AvgIpc) is 3.08. The number of hydrogen-bond acceptors (Lipinski definition) is 4. The van der Waals surface area contributed by atoms with Gasteiger partial charge in [-0.15, -0.1) is 0 Å². The summed E-state index contributed by atoms with van der Waals surface area (Å²) in [6, 6.07) is 14.0. The summed E-state index contributed by atoms with van der Waals surface area (Å²) in [5.74, 6) is 1.51. The molecule has 0 unspecified atom stereocenters. The van der Waals surface area contributed by atoms with Gasteiger partial charge in [0, 0.05) is 25.2 Å². The number of ether oxygens (including phenoxy) is 2. The molecule has 5 heteroatoms. The minimum atomic E-state index is 0.0188. The van der Waals surface area contributed by atoms with Crippen LogP contribution in [0.2, 0.25) is 0 Å². The lowest BCUT2D eigenvalue weighted by Gasteiger charge is -2.08. The van der Waals surface area contributed by atoms with Crippen molar-refractivity contribution in [2.45, 2.75) is 26.3 Å². The molecule has 2 aromatic carbocycles. The summed E-state index contributed by atoms with van der Waals surface area (Å²) in [6.45, 7) is 3.49. The topological polar surface area (TPSA) is 59.6 Å². The molecule has 0 aliphatic carbocycles. The molecular weight excluding hydrogens is 304 g/mol. The van der Waals surface area contributed by atoms with E-state index in [1.165, 1.54) is 5.56 Å². The predicted molar refractivity (Wildman–Crippen MR) is 93.3 cm³/mol. The Morgan fingerprint density at radius 3 is 2.58 bits per heavy atom. The van der Waals surface area contributed by atoms with Crippen molar-refractivity contribution in [3.05, 3.63) is 53.6 Å². The first kappa shape index (κ1) is 16.2. The van der Waals surface area contributed by atoms with Crippen molar-refractivity contribution in [2.24, 2.45) is 0 Å². The lowest BCUT2D eigenvalue weighted by molar-refractivity contribution is -0.121. The number of benzene rings is 2. The van der Waals surface area contributed by atoms with Crippen LogP contribution in [0.1, 0.15) is 24.5 Å². The van der Waals surface area contributed by atoms with Crippen molar-refractivity contribution in [3.63, 3.8) is 0 Å². The van der Waals surface area contributed by atoms with Crippen LogP contribution >= 0.6 is 0 Å². The zero-order valence-electron chi connectivity index (χ0n) is 13.8. The van der Waals surface area contributed by atoms with Crippen molar-refractivity contribution < 1.29 is 14.3 Å². The number of hydrogen-bond donors (Lipinski definition) is 2. The van der Waals surface area contributed by atoms with E-state index < -0.39 is 0 Å². The smallest absolute Gasteiger partial charge is 0.231 e. The molecule has 3 rings (SSSR count). The number of anilines is 1. The monoisotopic (exact) mass is 326 g/mol. The van der Waals surface area contributed by atoms with Gasteiger partial charge in [-0.25, -0.2) is 0 Å². The van der Waals surface area contributed by atoms with Crippen molar-refractivity contribution in [1.82, 2.24) is 5.32 Å². The van der Waals surface area contributed by atoms with Gasteiger partial charge < -0.3 is 20.1 Å². The van der Waals surface area contributed by atoms with Crippen LogP contribution in [0.25, 0.3) is 0 Å². The second kappa shape index (κ2) is 7.73. The first-order valence-corrected chi connectivity index (χ1v) is 8.22. The van der Waals surface area contributed by atoms with Crippen molar-refractivity contribution >= 4 is 11.6 Å². The molecule has 5 nitrogen and oxygen atoms in total. The fourth-order valence-corrected chi connectivity index (χ4v) is 2.52. The summed E-state index contributed by atoms with van der Waals surface area (Å²) in [5.41, 5.74) is 3.34. The van der Waals surface area contributed by atoms with Crippen molar-refractivity contribution in [1.29, 1.82) is 0 Å². The maximum Gasteiger partial charge on any atom is 0.231 e. The molecule has 1 heterocycles. The Hall–Kier alpha value is -2.69. The van der Waals surface area contributed by atoms with Crippen LogP contribution in [0, 0.1) is 0 Å². The van der Waals surface area contributed by atoms with Crippen LogP contribution in [0.15, 0.2) is 42.5 Å². The highest BCUT2D eigenvalue weighted by molar-refractivity contribution is 5.76. The lowest BCUT2D eigenvalue weighted by atomic mass is 10.1. The Balaban J connectivity index is 1.39. The minimum Gasteiger partial charge on any atom is -0.454 e. The third-order valence-corrected chi connectivity index (χ3v) is 3.97. The van der Waals surface area contributed by atoms with Gasteiger partial charge in [-0.05, 0) is 41.8 Å². The lowest BCUT2D eigenvalue weighted by Crippen LogP contribution is -2.24. The van der Waals surface area contributed by atoms with Crippen molar-refractivity contribution in [2.75, 3.05) is 18.7 Å². The van der Waals surface area contributed by atoms with Gasteiger partial charge in [0.15, 0.2) is 11.5 Å². The van der Waals surface area contributed by atoms with Gasteiger partial charge in [0.1, 0.15) is 0 Å². The van der Waals surface area contributed by atoms with Crippen LogP contribution in [0.5, 0.6) is 11.5 Å². The van der Waals surface area contributed by atoms with Crippen LogP contribution in [-0.2, 0) is 17.8 Å². The quantitative estimate of drug-likeness (QED) is 0.821. The van der Waals surface area contributed by atoms with E-state index in [-0.39, 0.29) is 12.7 Å². The number of amides is 1. The molecule has 2 aromatic rings. The third-order valence-electron chi connectivity index (χ3n) is 3.97. The Morgan fingerprint density at radius 1 is 1.04 bits per heavy atom. The zero-order valence-corrected chi connectivity index (χ0v) is 13.8. The molecule has 126 valence electrons. The normalized spacial score (nSPS) is 12.0. The van der Waals surface area contributed by atoms with Gasteiger partial charge in [0.25, 0.3) is 0 Å². The summed E-state index contributed by atoms with van der Waals surface area (Å²) >= 11 is 0. The second-order valence-electron chi connectivity index (χ2n) is 5.69. The van der Waals surface area contributed by atoms with Crippen LogP contribution < -0.4 is 20.1 Å². The fourth-order valence-electron chi connectivity index (χ4n) is 2.52. The van der Waals surface area contributed by atoms with E-state index in [2.05, 4.69) is 29.7 Å². The zero-order chi connectivity index (χ0) is 16.8. The molecule has 0 radical (unpaired) electrons. The second-order valence-corrected chi connectivity index (χ2v) is 5.69. The van der Waals surface area contributed by atoms with E-state index in [0.29, 0.717) is 19.5 Å². The SMILES string of the molecule is CCc1ccc(NCCC(=O)NCc2ccc3c(c2)OCO3)cc1.